The summed E-state index contributed by atoms with van der Waals surface area (Å²) in [6.45, 7) is 0.645. The van der Waals surface area contributed by atoms with Crippen molar-refractivity contribution in [3.63, 3.8) is 0 Å². The van der Waals surface area contributed by atoms with E-state index in [4.69, 9.17) is 0 Å². The van der Waals surface area contributed by atoms with E-state index in [0.29, 0.717) is 24.2 Å². The molecule has 1 aromatic heterocycles. The van der Waals surface area contributed by atoms with Crippen molar-refractivity contribution in [1.29, 1.82) is 0 Å². The zero-order valence-electron chi connectivity index (χ0n) is 10.7. The fourth-order valence-electron chi connectivity index (χ4n) is 2.01. The molecule has 1 aliphatic heterocycles. The van der Waals surface area contributed by atoms with Crippen LogP contribution in [0.25, 0.3) is 11.4 Å². The molecule has 0 spiro atoms. The molecule has 1 N–H and O–H groups in total. The number of aliphatic hydroxyl groups is 1. The average molecular weight is 295 g/mol. The van der Waals surface area contributed by atoms with E-state index in [9.17, 15) is 18.7 Å². The van der Waals surface area contributed by atoms with Gasteiger partial charge in [-0.25, -0.2) is 0 Å². The third-order valence-corrected chi connectivity index (χ3v) is 3.17. The summed E-state index contributed by atoms with van der Waals surface area (Å²) in [4.78, 5) is 17.1. The van der Waals surface area contributed by atoms with Gasteiger partial charge in [0.2, 0.25) is 5.82 Å². The van der Waals surface area contributed by atoms with Crippen molar-refractivity contribution >= 4 is 5.91 Å². The number of benzene rings is 1. The van der Waals surface area contributed by atoms with Crippen LogP contribution in [0.5, 0.6) is 0 Å². The molecule has 110 valence electrons. The van der Waals surface area contributed by atoms with E-state index in [2.05, 4.69) is 14.7 Å². The Labute approximate surface area is 118 Å². The zero-order chi connectivity index (χ0) is 15.0. The lowest BCUT2D eigenvalue weighted by atomic mass is 10.1. The molecule has 0 bridgehead atoms. The molecule has 0 aliphatic carbocycles. The summed E-state index contributed by atoms with van der Waals surface area (Å²) in [6, 6.07) is 6.23. The number of nitrogens with zero attached hydrogens (tertiary/aromatic N) is 3. The maximum Gasteiger partial charge on any atom is 0.315 e. The first kappa shape index (κ1) is 13.6. The molecule has 1 amide bonds. The van der Waals surface area contributed by atoms with Crippen LogP contribution in [0.1, 0.15) is 22.7 Å². The molecular formula is C13H11F2N3O3. The van der Waals surface area contributed by atoms with E-state index in [1.807, 2.05) is 0 Å². The van der Waals surface area contributed by atoms with Crippen molar-refractivity contribution in [2.24, 2.45) is 0 Å². The van der Waals surface area contributed by atoms with Gasteiger partial charge in [0.05, 0.1) is 6.10 Å². The Balaban J connectivity index is 1.75. The third kappa shape index (κ3) is 2.62. The molecule has 0 atom stereocenters. The lowest BCUT2D eigenvalue weighted by Gasteiger charge is -2.35. The summed E-state index contributed by atoms with van der Waals surface area (Å²) in [5.74, 6) is -0.878. The molecule has 1 aromatic carbocycles. The van der Waals surface area contributed by atoms with Gasteiger partial charge in [0.1, 0.15) is 0 Å². The first-order valence-electron chi connectivity index (χ1n) is 6.24. The number of hydrogen-bond donors (Lipinski definition) is 1. The molecule has 1 aliphatic rings. The molecule has 3 rings (SSSR count). The normalized spacial score (nSPS) is 15.3. The van der Waals surface area contributed by atoms with Gasteiger partial charge in [0, 0.05) is 24.2 Å². The van der Waals surface area contributed by atoms with Gasteiger partial charge in [-0.3, -0.25) is 4.79 Å². The lowest BCUT2D eigenvalue weighted by molar-refractivity contribution is 0.00590. The molecule has 21 heavy (non-hydrogen) atoms. The predicted molar refractivity (Wildman–Crippen MR) is 66.6 cm³/mol. The number of carbonyl (C=O) groups is 1. The summed E-state index contributed by atoms with van der Waals surface area (Å²) in [5.41, 5.74) is 0.925. The average Bonchev–Trinajstić information content (AvgIpc) is 2.93. The van der Waals surface area contributed by atoms with Crippen LogP contribution in [0.3, 0.4) is 0 Å². The Hall–Kier alpha value is -2.35. The Morgan fingerprint density at radius 3 is 2.52 bits per heavy atom. The molecule has 1 fully saturated rings. The summed E-state index contributed by atoms with van der Waals surface area (Å²) in [5, 5.41) is 12.6. The van der Waals surface area contributed by atoms with Crippen LogP contribution >= 0.6 is 0 Å². The van der Waals surface area contributed by atoms with Gasteiger partial charge >= 0.3 is 6.43 Å². The number of β-amino-alcohol motifs (C(OH)–C–C–N with tert-alkyl or cyclic N) is 1. The van der Waals surface area contributed by atoms with Crippen molar-refractivity contribution in [1.82, 2.24) is 15.0 Å². The second-order valence-corrected chi connectivity index (χ2v) is 4.70. The minimum atomic E-state index is -2.81. The Bertz CT molecular complexity index is 651. The quantitative estimate of drug-likeness (QED) is 0.928. The number of aromatic nitrogens is 2. The van der Waals surface area contributed by atoms with E-state index >= 15 is 0 Å². The van der Waals surface area contributed by atoms with Crippen molar-refractivity contribution in [3.8, 4) is 11.4 Å². The van der Waals surface area contributed by atoms with Gasteiger partial charge in [0.15, 0.2) is 0 Å². The lowest BCUT2D eigenvalue weighted by Crippen LogP contribution is -2.53. The molecule has 8 heteroatoms. The number of aliphatic hydroxyl groups excluding tert-OH is 1. The zero-order valence-corrected chi connectivity index (χ0v) is 10.7. The van der Waals surface area contributed by atoms with E-state index in [-0.39, 0.29) is 11.7 Å². The van der Waals surface area contributed by atoms with Gasteiger partial charge in [-0.1, -0.05) is 17.3 Å². The number of hydrogen-bond acceptors (Lipinski definition) is 5. The van der Waals surface area contributed by atoms with Crippen molar-refractivity contribution < 1.29 is 23.2 Å². The molecule has 1 saturated heterocycles. The molecule has 2 heterocycles. The molecule has 0 saturated carbocycles. The van der Waals surface area contributed by atoms with E-state index in [0.717, 1.165) is 0 Å². The minimum Gasteiger partial charge on any atom is -0.389 e. The van der Waals surface area contributed by atoms with E-state index < -0.39 is 18.4 Å². The highest BCUT2D eigenvalue weighted by Crippen LogP contribution is 2.22. The largest absolute Gasteiger partial charge is 0.389 e. The summed E-state index contributed by atoms with van der Waals surface area (Å²) in [6.07, 6.45) is -3.27. The Morgan fingerprint density at radius 1 is 1.33 bits per heavy atom. The van der Waals surface area contributed by atoms with Crippen LogP contribution in [0.2, 0.25) is 0 Å². The maximum absolute atomic E-state index is 12.4. The van der Waals surface area contributed by atoms with Gasteiger partial charge in [-0.15, -0.1) is 0 Å². The number of likely N-dealkylation sites (tertiary alicyclic amines) is 1. The monoisotopic (exact) mass is 295 g/mol. The van der Waals surface area contributed by atoms with Crippen LogP contribution in [0.15, 0.2) is 28.8 Å². The molecule has 6 nitrogen and oxygen atoms in total. The number of carbonyl (C=O) groups excluding carboxylic acids is 1. The molecule has 2 aromatic rings. The highest BCUT2D eigenvalue weighted by molar-refractivity contribution is 5.95. The number of rotatable bonds is 3. The third-order valence-electron chi connectivity index (χ3n) is 3.17. The first-order valence-corrected chi connectivity index (χ1v) is 6.24. The predicted octanol–water partition coefficient (Wildman–Crippen LogP) is 1.49. The van der Waals surface area contributed by atoms with Crippen LogP contribution in [0.4, 0.5) is 8.78 Å². The SMILES string of the molecule is O=C(c1ccc(-c2noc(C(F)F)n2)cc1)N1CC(O)C1. The first-order chi connectivity index (χ1) is 10.0. The number of amides is 1. The Kier molecular flexibility index (Phi) is 3.38. The summed E-state index contributed by atoms with van der Waals surface area (Å²) < 4.78 is 29.2. The van der Waals surface area contributed by atoms with Crippen LogP contribution < -0.4 is 0 Å². The van der Waals surface area contributed by atoms with Gasteiger partial charge in [0.25, 0.3) is 11.8 Å². The standard InChI is InChI=1S/C13H11F2N3O3/c14-10(15)12-16-11(17-21-12)7-1-3-8(4-2-7)13(20)18-5-9(19)6-18/h1-4,9-10,19H,5-6H2. The van der Waals surface area contributed by atoms with Crippen molar-refractivity contribution in [2.75, 3.05) is 13.1 Å². The van der Waals surface area contributed by atoms with E-state index in [1.54, 1.807) is 24.3 Å². The second-order valence-electron chi connectivity index (χ2n) is 4.70. The fourth-order valence-corrected chi connectivity index (χ4v) is 2.01. The van der Waals surface area contributed by atoms with Gasteiger partial charge in [-0.2, -0.15) is 13.8 Å². The molecular weight excluding hydrogens is 284 g/mol. The highest BCUT2D eigenvalue weighted by atomic mass is 19.3. The van der Waals surface area contributed by atoms with Gasteiger partial charge in [-0.05, 0) is 12.1 Å². The maximum atomic E-state index is 12.4. The van der Waals surface area contributed by atoms with Crippen molar-refractivity contribution in [2.45, 2.75) is 12.5 Å². The molecule has 0 unspecified atom stereocenters. The minimum absolute atomic E-state index is 0.0451. The second kappa shape index (κ2) is 5.21. The number of halogens is 2. The summed E-state index contributed by atoms with van der Waals surface area (Å²) >= 11 is 0. The van der Waals surface area contributed by atoms with Crippen LogP contribution in [-0.2, 0) is 0 Å². The Morgan fingerprint density at radius 2 is 2.00 bits per heavy atom. The smallest absolute Gasteiger partial charge is 0.315 e. The van der Waals surface area contributed by atoms with Crippen LogP contribution in [0, 0.1) is 0 Å². The molecule has 0 radical (unpaired) electrons. The van der Waals surface area contributed by atoms with Gasteiger partial charge < -0.3 is 14.5 Å². The van der Waals surface area contributed by atoms with Crippen LogP contribution in [-0.4, -0.2) is 45.2 Å². The topological polar surface area (TPSA) is 79.5 Å². The van der Waals surface area contributed by atoms with E-state index in [1.165, 1.54) is 4.90 Å². The fraction of sp³-hybridized carbons (Fsp3) is 0.308. The van der Waals surface area contributed by atoms with Crippen molar-refractivity contribution in [3.05, 3.63) is 35.7 Å². The summed E-state index contributed by atoms with van der Waals surface area (Å²) in [7, 11) is 0. The highest BCUT2D eigenvalue weighted by Gasteiger charge is 2.29. The number of alkyl halides is 2.